The maximum atomic E-state index is 12.6. The number of thiazole rings is 1. The highest BCUT2D eigenvalue weighted by Crippen LogP contribution is 2.29. The summed E-state index contributed by atoms with van der Waals surface area (Å²) in [5.74, 6) is 0.408. The Hall–Kier alpha value is -2.05. The quantitative estimate of drug-likeness (QED) is 0.768. The van der Waals surface area contributed by atoms with Crippen molar-refractivity contribution < 1.29 is 4.79 Å². The van der Waals surface area contributed by atoms with Gasteiger partial charge < -0.3 is 0 Å². The number of fused-ring (bicyclic) bond motifs is 2. The van der Waals surface area contributed by atoms with Crippen molar-refractivity contribution in [2.24, 2.45) is 0 Å². The van der Waals surface area contributed by atoms with E-state index in [0.717, 1.165) is 40.7 Å². The zero-order valence-electron chi connectivity index (χ0n) is 12.4. The van der Waals surface area contributed by atoms with E-state index < -0.39 is 0 Å². The van der Waals surface area contributed by atoms with E-state index in [9.17, 15) is 4.79 Å². The largest absolute Gasteiger partial charge is 0.296 e. The molecule has 1 aliphatic rings. The van der Waals surface area contributed by atoms with E-state index in [-0.39, 0.29) is 5.91 Å². The SMILES string of the molecule is Cc1nc2c(c(C(=O)Nc3nc4ccc(Cl)cc4s3)n1)CCC2. The number of aromatic nitrogens is 3. The highest BCUT2D eigenvalue weighted by molar-refractivity contribution is 7.22. The number of carbonyl (C=O) groups is 1. The Balaban J connectivity index is 1.67. The van der Waals surface area contributed by atoms with Gasteiger partial charge in [-0.1, -0.05) is 22.9 Å². The Morgan fingerprint density at radius 3 is 3.00 bits per heavy atom. The maximum Gasteiger partial charge on any atom is 0.276 e. The van der Waals surface area contributed by atoms with Gasteiger partial charge in [-0.05, 0) is 44.4 Å². The summed E-state index contributed by atoms with van der Waals surface area (Å²) in [5.41, 5.74) is 3.26. The maximum absolute atomic E-state index is 12.6. The van der Waals surface area contributed by atoms with E-state index in [1.807, 2.05) is 19.1 Å². The molecule has 1 aromatic carbocycles. The first-order chi connectivity index (χ1) is 11.1. The zero-order chi connectivity index (χ0) is 16.0. The lowest BCUT2D eigenvalue weighted by atomic mass is 10.1. The van der Waals surface area contributed by atoms with E-state index in [2.05, 4.69) is 20.3 Å². The Morgan fingerprint density at radius 2 is 2.13 bits per heavy atom. The molecule has 3 aromatic rings. The summed E-state index contributed by atoms with van der Waals surface area (Å²) in [5, 5.41) is 4.07. The van der Waals surface area contributed by atoms with Crippen molar-refractivity contribution in [3.05, 3.63) is 46.0 Å². The van der Waals surface area contributed by atoms with Crippen LogP contribution in [0, 0.1) is 6.92 Å². The average molecular weight is 345 g/mol. The van der Waals surface area contributed by atoms with Crippen LogP contribution in [0.15, 0.2) is 18.2 Å². The highest BCUT2D eigenvalue weighted by Gasteiger charge is 2.23. The topological polar surface area (TPSA) is 67.8 Å². The van der Waals surface area contributed by atoms with Crippen molar-refractivity contribution in [2.75, 3.05) is 5.32 Å². The average Bonchev–Trinajstić information content (AvgIpc) is 3.11. The molecular formula is C16H13ClN4OS. The molecule has 0 saturated carbocycles. The summed E-state index contributed by atoms with van der Waals surface area (Å²) in [7, 11) is 0. The molecule has 1 amide bonds. The van der Waals surface area contributed by atoms with Crippen LogP contribution >= 0.6 is 22.9 Å². The molecular weight excluding hydrogens is 332 g/mol. The lowest BCUT2D eigenvalue weighted by Crippen LogP contribution is -2.17. The second-order valence-corrected chi connectivity index (χ2v) is 6.95. The molecule has 0 radical (unpaired) electrons. The van der Waals surface area contributed by atoms with Crippen LogP contribution in [0.3, 0.4) is 0 Å². The molecule has 0 bridgehead atoms. The zero-order valence-corrected chi connectivity index (χ0v) is 14.0. The molecule has 0 unspecified atom stereocenters. The number of halogens is 1. The Labute approximate surface area is 141 Å². The fourth-order valence-electron chi connectivity index (χ4n) is 2.85. The number of anilines is 1. The second-order valence-electron chi connectivity index (χ2n) is 5.48. The Morgan fingerprint density at radius 1 is 1.26 bits per heavy atom. The van der Waals surface area contributed by atoms with E-state index >= 15 is 0 Å². The number of hydrogen-bond acceptors (Lipinski definition) is 5. The van der Waals surface area contributed by atoms with E-state index in [1.54, 1.807) is 6.07 Å². The summed E-state index contributed by atoms with van der Waals surface area (Å²) in [6.07, 6.45) is 2.79. The smallest absolute Gasteiger partial charge is 0.276 e. The number of nitrogens with zero attached hydrogens (tertiary/aromatic N) is 3. The summed E-state index contributed by atoms with van der Waals surface area (Å²) in [4.78, 5) is 25.8. The number of amides is 1. The fraction of sp³-hybridized carbons (Fsp3) is 0.250. The standard InChI is InChI=1S/C16H13ClN4OS/c1-8-18-11-4-2-3-10(11)14(19-8)15(22)21-16-20-12-6-5-9(17)7-13(12)23-16/h5-7H,2-4H2,1H3,(H,20,21,22). The first-order valence-corrected chi connectivity index (χ1v) is 8.53. The van der Waals surface area contributed by atoms with Gasteiger partial charge in [0.25, 0.3) is 5.91 Å². The molecule has 0 aliphatic heterocycles. The minimum Gasteiger partial charge on any atom is -0.296 e. The normalized spacial score (nSPS) is 13.3. The van der Waals surface area contributed by atoms with Gasteiger partial charge in [-0.25, -0.2) is 15.0 Å². The molecule has 0 saturated heterocycles. The molecule has 1 aliphatic carbocycles. The molecule has 2 heterocycles. The van der Waals surface area contributed by atoms with Gasteiger partial charge in [-0.2, -0.15) is 0 Å². The van der Waals surface area contributed by atoms with Gasteiger partial charge in [-0.3, -0.25) is 10.1 Å². The Kier molecular flexibility index (Phi) is 3.50. The number of benzene rings is 1. The predicted octanol–water partition coefficient (Wildman–Crippen LogP) is 3.79. The Bertz CT molecular complexity index is 937. The van der Waals surface area contributed by atoms with Crippen LogP contribution < -0.4 is 5.32 Å². The molecule has 2 aromatic heterocycles. The molecule has 7 heteroatoms. The third kappa shape index (κ3) is 2.68. The van der Waals surface area contributed by atoms with Crippen LogP contribution in [-0.4, -0.2) is 20.9 Å². The minimum absolute atomic E-state index is 0.223. The van der Waals surface area contributed by atoms with Crippen molar-refractivity contribution in [3.63, 3.8) is 0 Å². The lowest BCUT2D eigenvalue weighted by Gasteiger charge is -2.07. The van der Waals surface area contributed by atoms with Crippen LogP contribution in [-0.2, 0) is 12.8 Å². The summed E-state index contributed by atoms with van der Waals surface area (Å²) in [6.45, 7) is 1.81. The number of aryl methyl sites for hydroxylation is 2. The minimum atomic E-state index is -0.223. The first kappa shape index (κ1) is 14.5. The molecule has 5 nitrogen and oxygen atoms in total. The van der Waals surface area contributed by atoms with E-state index in [0.29, 0.717) is 21.7 Å². The fourth-order valence-corrected chi connectivity index (χ4v) is 3.99. The van der Waals surface area contributed by atoms with Gasteiger partial charge in [0.15, 0.2) is 5.13 Å². The van der Waals surface area contributed by atoms with Crippen LogP contribution in [0.4, 0.5) is 5.13 Å². The van der Waals surface area contributed by atoms with Crippen molar-refractivity contribution in [3.8, 4) is 0 Å². The number of carbonyl (C=O) groups excluding carboxylic acids is 1. The summed E-state index contributed by atoms with van der Waals surface area (Å²) >= 11 is 7.39. The van der Waals surface area contributed by atoms with E-state index in [1.165, 1.54) is 11.3 Å². The molecule has 1 N–H and O–H groups in total. The van der Waals surface area contributed by atoms with Crippen LogP contribution in [0.25, 0.3) is 10.2 Å². The lowest BCUT2D eigenvalue weighted by molar-refractivity contribution is 0.102. The van der Waals surface area contributed by atoms with E-state index in [4.69, 9.17) is 11.6 Å². The van der Waals surface area contributed by atoms with Crippen molar-refractivity contribution in [1.29, 1.82) is 0 Å². The molecule has 4 rings (SSSR count). The van der Waals surface area contributed by atoms with Crippen molar-refractivity contribution in [2.45, 2.75) is 26.2 Å². The molecule has 116 valence electrons. The molecule has 23 heavy (non-hydrogen) atoms. The van der Waals surface area contributed by atoms with Crippen LogP contribution in [0.1, 0.15) is 34.0 Å². The highest BCUT2D eigenvalue weighted by atomic mass is 35.5. The molecule has 0 spiro atoms. The summed E-state index contributed by atoms with van der Waals surface area (Å²) < 4.78 is 0.942. The summed E-state index contributed by atoms with van der Waals surface area (Å²) in [6, 6.07) is 5.48. The first-order valence-electron chi connectivity index (χ1n) is 7.34. The molecule has 0 fully saturated rings. The van der Waals surface area contributed by atoms with Crippen LogP contribution in [0.2, 0.25) is 5.02 Å². The van der Waals surface area contributed by atoms with Crippen LogP contribution in [0.5, 0.6) is 0 Å². The second kappa shape index (κ2) is 5.54. The monoisotopic (exact) mass is 344 g/mol. The third-order valence-corrected chi connectivity index (χ3v) is 5.00. The predicted molar refractivity (Wildman–Crippen MR) is 91.4 cm³/mol. The number of hydrogen-bond donors (Lipinski definition) is 1. The molecule has 0 atom stereocenters. The van der Waals surface area contributed by atoms with Gasteiger partial charge in [0.05, 0.1) is 10.2 Å². The number of rotatable bonds is 2. The van der Waals surface area contributed by atoms with Gasteiger partial charge in [0.2, 0.25) is 0 Å². The third-order valence-electron chi connectivity index (χ3n) is 3.83. The van der Waals surface area contributed by atoms with Gasteiger partial charge in [0.1, 0.15) is 11.5 Å². The van der Waals surface area contributed by atoms with Gasteiger partial charge in [0, 0.05) is 16.3 Å². The number of nitrogens with one attached hydrogen (secondary N) is 1. The van der Waals surface area contributed by atoms with Crippen molar-refractivity contribution in [1.82, 2.24) is 15.0 Å². The van der Waals surface area contributed by atoms with Gasteiger partial charge in [-0.15, -0.1) is 0 Å². The van der Waals surface area contributed by atoms with Crippen molar-refractivity contribution >= 4 is 44.2 Å². The van der Waals surface area contributed by atoms with Gasteiger partial charge >= 0.3 is 0 Å².